The molecule has 0 saturated heterocycles. The number of benzene rings is 5. The zero-order valence-electron chi connectivity index (χ0n) is 81.9. The molecular formula is C103H147N3Na2O23S3. The van der Waals surface area contributed by atoms with E-state index in [1.807, 2.05) is 113 Å². The average molecular weight is 1940 g/mol. The average Bonchev–Trinajstić information content (AvgIpc) is 1.63. The number of thiophene rings is 2. The van der Waals surface area contributed by atoms with E-state index in [4.69, 9.17) is 90.0 Å². The number of aromatic nitrogens is 2. The summed E-state index contributed by atoms with van der Waals surface area (Å²) >= 11 is 6.82. The quantitative estimate of drug-likeness (QED) is 0.0138. The van der Waals surface area contributed by atoms with Gasteiger partial charge in [-0.1, -0.05) is 75.0 Å². The largest absolute Gasteiger partial charge is 1.00 e. The third-order valence-electron chi connectivity index (χ3n) is 22.7. The standard InChI is InChI=1S/C25H30N2O5S.C25H29NO6S.C17H26O4.C16H24O4.C11H14O2.C7H16O2.CH4S.CH4.2Na.H/c1-3-29-10-11-30-12-13-31-17-25(8-9-25)18-4-6-19(7-5-18)32-21-15-27-16-23-20(21)14-22(33-23)24(28)26-2;1-3-29-10-11-30-12-13-31-17-25(8-9-25)18-4-6-19(7-5-18)32-21-15-26-16-23-20(21)14-22(33-23)24(27)28-2;1-3-19-10-11-20-12-13-21-14-17(8-9-17)15-4-6-16(18-2)7-5-15;1-2-18-9-10-19-11-12-20-13-16(7-8-16)14-3-5-15(17)6-4-14;1-13-10-4-2-9(3-5-10)11(8-12)6-7-11;1-3-5-9-7-6-8-4-2;1-2;;;;/h4-7,14-16H,3,8-13,17H2,1-2H3,(H,26,28);4-7,14-16H,3,8-13,17H2,1-2H3;4-7H,3,8-14H2,1-2H3;3-6,17H,2,7-13H2,1H3;2-5,12H,6-8H2,1H3;3-7H2,1-2H3;2H,1H3;1H4;;;/q;;;;;;;;2*+1;-1/p-1. The van der Waals surface area contributed by atoms with E-state index >= 15 is 0 Å². The van der Waals surface area contributed by atoms with Gasteiger partial charge < -0.3 is 120 Å². The first-order chi connectivity index (χ1) is 64.1. The van der Waals surface area contributed by atoms with Gasteiger partial charge in [0, 0.05) is 96.9 Å². The molecule has 1 amide bonds. The number of carbonyl (C=O) groups is 2. The van der Waals surface area contributed by atoms with E-state index in [9.17, 15) is 19.8 Å². The molecule has 5 fully saturated rings. The van der Waals surface area contributed by atoms with E-state index in [0.29, 0.717) is 159 Å². The number of nitrogens with zero attached hydrogens (tertiary/aromatic N) is 2. The number of amides is 1. The van der Waals surface area contributed by atoms with Crippen molar-refractivity contribution >= 4 is 67.4 Å². The molecule has 5 aliphatic carbocycles. The second kappa shape index (κ2) is 66.6. The number of rotatable bonds is 56. The summed E-state index contributed by atoms with van der Waals surface area (Å²) in [5.74, 6) is 4.32. The molecule has 0 atom stereocenters. The van der Waals surface area contributed by atoms with Crippen molar-refractivity contribution in [3.8, 4) is 40.2 Å². The number of fused-ring (bicyclic) bond motifs is 2. The van der Waals surface area contributed by atoms with Crippen LogP contribution in [0.25, 0.3) is 20.2 Å². The molecule has 732 valence electrons. The molecule has 0 unspecified atom stereocenters. The molecule has 26 nitrogen and oxygen atoms in total. The van der Waals surface area contributed by atoms with Crippen LogP contribution in [-0.2, 0) is 111 Å². The summed E-state index contributed by atoms with van der Waals surface area (Å²) in [6, 6.07) is 43.8. The normalized spacial score (nSPS) is 14.5. The Hall–Kier alpha value is -5.99. The van der Waals surface area contributed by atoms with Crippen LogP contribution in [0.15, 0.2) is 158 Å². The number of esters is 1. The Bertz CT molecular complexity index is 4420. The molecule has 5 aliphatic rings. The summed E-state index contributed by atoms with van der Waals surface area (Å²) in [5.41, 5.74) is 7.01. The predicted molar refractivity (Wildman–Crippen MR) is 524 cm³/mol. The van der Waals surface area contributed by atoms with Crippen molar-refractivity contribution in [2.75, 3.05) is 226 Å². The Labute approximate surface area is 854 Å². The molecule has 0 aliphatic heterocycles. The van der Waals surface area contributed by atoms with E-state index in [0.717, 1.165) is 154 Å². The van der Waals surface area contributed by atoms with E-state index < -0.39 is 0 Å². The number of aromatic hydroxyl groups is 1. The number of aliphatic hydroxyl groups is 1. The number of carbonyl (C=O) groups excluding carboxylic acids is 2. The molecule has 5 aromatic carbocycles. The zero-order chi connectivity index (χ0) is 93.7. The van der Waals surface area contributed by atoms with Crippen LogP contribution in [0.5, 0.6) is 40.2 Å². The van der Waals surface area contributed by atoms with Crippen LogP contribution in [0.2, 0.25) is 0 Å². The smallest absolute Gasteiger partial charge is 1.00 e. The van der Waals surface area contributed by atoms with Crippen LogP contribution >= 0.6 is 22.7 Å². The monoisotopic (exact) mass is 1940 g/mol. The van der Waals surface area contributed by atoms with Gasteiger partial charge in [-0.2, -0.15) is 6.26 Å². The summed E-state index contributed by atoms with van der Waals surface area (Å²) in [7, 11) is 6.35. The molecule has 3 N–H and O–H groups in total. The fourth-order valence-electron chi connectivity index (χ4n) is 14.0. The first kappa shape index (κ1) is 118. The summed E-state index contributed by atoms with van der Waals surface area (Å²) in [6.45, 7) is 31.0. The van der Waals surface area contributed by atoms with Crippen LogP contribution in [0.1, 0.15) is 168 Å². The van der Waals surface area contributed by atoms with Crippen molar-refractivity contribution in [1.29, 1.82) is 0 Å². The Balaban J connectivity index is 0.000000350. The van der Waals surface area contributed by atoms with Crippen molar-refractivity contribution in [1.82, 2.24) is 15.3 Å². The van der Waals surface area contributed by atoms with E-state index in [-0.39, 0.29) is 114 Å². The molecule has 0 bridgehead atoms. The molecule has 31 heteroatoms. The van der Waals surface area contributed by atoms with Crippen molar-refractivity contribution in [2.45, 2.75) is 147 Å². The Morgan fingerprint density at radius 3 is 0.903 bits per heavy atom. The minimum Gasteiger partial charge on any atom is -1.00 e. The molecule has 9 aromatic rings. The van der Waals surface area contributed by atoms with Crippen LogP contribution in [-0.4, -0.2) is 258 Å². The molecule has 5 saturated carbocycles. The fraction of sp³-hybridized carbons (Fsp3) is 0.553. The van der Waals surface area contributed by atoms with Crippen LogP contribution < -0.4 is 83.4 Å². The van der Waals surface area contributed by atoms with Gasteiger partial charge >= 0.3 is 65.1 Å². The minimum atomic E-state index is -0.361. The van der Waals surface area contributed by atoms with Gasteiger partial charge in [-0.05, 0) is 206 Å². The molecule has 134 heavy (non-hydrogen) atoms. The van der Waals surface area contributed by atoms with Crippen molar-refractivity contribution in [3.05, 3.63) is 196 Å². The van der Waals surface area contributed by atoms with Gasteiger partial charge in [0.05, 0.1) is 200 Å². The molecule has 14 rings (SSSR count). The second-order valence-electron chi connectivity index (χ2n) is 32.0. The van der Waals surface area contributed by atoms with Gasteiger partial charge in [0.1, 0.15) is 33.6 Å². The summed E-state index contributed by atoms with van der Waals surface area (Å²) in [4.78, 5) is 33.5. The Kier molecular flexibility index (Phi) is 58.9. The van der Waals surface area contributed by atoms with E-state index in [1.54, 1.807) is 70.5 Å². The summed E-state index contributed by atoms with van der Waals surface area (Å²) < 4.78 is 105. The maximum atomic E-state index is 12.0. The first-order valence-corrected chi connectivity index (χ1v) is 48.4. The number of pyridine rings is 2. The van der Waals surface area contributed by atoms with Gasteiger partial charge in [0.2, 0.25) is 0 Å². The van der Waals surface area contributed by atoms with Crippen LogP contribution in [0.3, 0.4) is 0 Å². The summed E-state index contributed by atoms with van der Waals surface area (Å²) in [5, 5.41) is 22.9. The summed E-state index contributed by atoms with van der Waals surface area (Å²) in [6.07, 6.45) is 20.9. The van der Waals surface area contributed by atoms with Gasteiger partial charge in [0.25, 0.3) is 5.91 Å². The number of aliphatic hydroxyl groups excluding tert-OH is 1. The second-order valence-corrected chi connectivity index (χ2v) is 34.1. The third kappa shape index (κ3) is 40.7. The maximum absolute atomic E-state index is 12.0. The zero-order valence-corrected chi connectivity index (χ0v) is 87.3. The Morgan fingerprint density at radius 1 is 0.373 bits per heavy atom. The van der Waals surface area contributed by atoms with Crippen LogP contribution in [0.4, 0.5) is 0 Å². The van der Waals surface area contributed by atoms with Crippen molar-refractivity contribution < 1.29 is 170 Å². The number of phenolic OH excluding ortho intramolecular Hbond substituents is 1. The van der Waals surface area contributed by atoms with E-state index in [2.05, 4.69) is 71.2 Å². The van der Waals surface area contributed by atoms with Crippen molar-refractivity contribution in [2.24, 2.45) is 0 Å². The van der Waals surface area contributed by atoms with E-state index in [1.165, 1.54) is 70.4 Å². The molecule has 0 spiro atoms. The Morgan fingerprint density at radius 2 is 0.634 bits per heavy atom. The van der Waals surface area contributed by atoms with Gasteiger partial charge in [-0.15, -0.1) is 22.7 Å². The minimum absolute atomic E-state index is 0. The molecule has 4 aromatic heterocycles. The third-order valence-corrected chi connectivity index (χ3v) is 24.8. The predicted octanol–water partition coefficient (Wildman–Crippen LogP) is 12.9. The maximum Gasteiger partial charge on any atom is 1.00 e. The molecular weight excluding hydrogens is 1790 g/mol. The number of hydrogen-bond donors (Lipinski definition) is 3. The number of methoxy groups -OCH3 is 3. The van der Waals surface area contributed by atoms with Crippen LogP contribution in [0, 0.1) is 0 Å². The number of ether oxygens (including phenoxy) is 19. The number of phenols is 1. The number of nitrogens with one attached hydrogen (secondary N) is 1. The van der Waals surface area contributed by atoms with Gasteiger partial charge in [-0.25, -0.2) is 4.79 Å². The molecule has 0 radical (unpaired) electrons. The SMILES string of the molecule is C.CCCOCCOCC.CCOCCOCCOCC1(c2ccc(O)cc2)CC1.CCOCCOCCOCC1(c2ccc(OC)cc2)CC1.CCOCCOCCOCC1(c2ccc(Oc3cncc4sc(C(=O)NC)cc34)cc2)CC1.CCOCCOCCOCC1(c2ccc(Oc3cncc4sc(C(=O)OC)cc34)cc2)CC1.COc1ccc(C2(CO)CC2)cc1.C[S-].[H-].[Na+].[Na+]. The fourth-order valence-corrected chi connectivity index (χ4v) is 16.0. The first-order valence-electron chi connectivity index (χ1n) is 45.9. The molecule has 4 heterocycles. The topological polar surface area (TPSA) is 288 Å². The number of hydrogen-bond acceptors (Lipinski definition) is 28. The van der Waals surface area contributed by atoms with Gasteiger partial charge in [0.15, 0.2) is 11.5 Å². The van der Waals surface area contributed by atoms with Gasteiger partial charge in [-0.3, -0.25) is 14.8 Å². The van der Waals surface area contributed by atoms with Crippen molar-refractivity contribution in [3.63, 3.8) is 0 Å².